The highest BCUT2D eigenvalue weighted by atomic mass is 16.1. The molecular formula is C13H17NO. The smallest absolute Gasteiger partial charge is 0.187 e. The van der Waals surface area contributed by atoms with Crippen molar-refractivity contribution in [2.75, 3.05) is 14.1 Å². The van der Waals surface area contributed by atoms with Crippen LogP contribution in [0.1, 0.15) is 22.8 Å². The molecule has 0 fully saturated rings. The van der Waals surface area contributed by atoms with E-state index in [2.05, 4.69) is 0 Å². The summed E-state index contributed by atoms with van der Waals surface area (Å²) in [6, 6.07) is 7.62. The van der Waals surface area contributed by atoms with Gasteiger partial charge in [0.2, 0.25) is 0 Å². The standard InChI is InChI=1S/C13H17NO/c1-10-5-7-12(8-6-10)13(15)9-11(2)14(3)4/h5-9H,1-4H3. The van der Waals surface area contributed by atoms with Crippen LogP contribution in [0.15, 0.2) is 36.0 Å². The highest BCUT2D eigenvalue weighted by Gasteiger charge is 2.03. The molecule has 1 aromatic carbocycles. The largest absolute Gasteiger partial charge is 0.381 e. The molecular weight excluding hydrogens is 186 g/mol. The van der Waals surface area contributed by atoms with Crippen LogP contribution in [-0.2, 0) is 0 Å². The molecule has 0 amide bonds. The van der Waals surface area contributed by atoms with E-state index < -0.39 is 0 Å². The minimum atomic E-state index is 0.0567. The summed E-state index contributed by atoms with van der Waals surface area (Å²) in [5, 5.41) is 0. The summed E-state index contributed by atoms with van der Waals surface area (Å²) in [4.78, 5) is 13.7. The first-order valence-electron chi connectivity index (χ1n) is 4.97. The van der Waals surface area contributed by atoms with E-state index in [0.29, 0.717) is 0 Å². The van der Waals surface area contributed by atoms with Gasteiger partial charge in [0.05, 0.1) is 0 Å². The third kappa shape index (κ3) is 3.24. The molecule has 0 aromatic heterocycles. The number of ketones is 1. The van der Waals surface area contributed by atoms with Crippen LogP contribution >= 0.6 is 0 Å². The Hall–Kier alpha value is -1.57. The van der Waals surface area contributed by atoms with Crippen molar-refractivity contribution in [3.05, 3.63) is 47.2 Å². The average Bonchev–Trinajstić information content (AvgIpc) is 2.18. The lowest BCUT2D eigenvalue weighted by Gasteiger charge is -2.11. The number of hydrogen-bond donors (Lipinski definition) is 0. The third-order valence-electron chi connectivity index (χ3n) is 2.38. The van der Waals surface area contributed by atoms with Gasteiger partial charge < -0.3 is 4.90 Å². The van der Waals surface area contributed by atoms with Gasteiger partial charge in [-0.2, -0.15) is 0 Å². The van der Waals surface area contributed by atoms with Crippen LogP contribution in [0.25, 0.3) is 0 Å². The zero-order valence-corrected chi connectivity index (χ0v) is 9.74. The maximum atomic E-state index is 11.8. The van der Waals surface area contributed by atoms with Crippen LogP contribution in [0.4, 0.5) is 0 Å². The predicted molar refractivity (Wildman–Crippen MR) is 63.0 cm³/mol. The second-order valence-corrected chi connectivity index (χ2v) is 3.91. The Balaban J connectivity index is 2.86. The van der Waals surface area contributed by atoms with Crippen molar-refractivity contribution < 1.29 is 4.79 Å². The predicted octanol–water partition coefficient (Wildman–Crippen LogP) is 2.64. The summed E-state index contributed by atoms with van der Waals surface area (Å²) >= 11 is 0. The van der Waals surface area contributed by atoms with Crippen molar-refractivity contribution >= 4 is 5.78 Å². The first-order valence-corrected chi connectivity index (χ1v) is 4.97. The molecule has 2 nitrogen and oxygen atoms in total. The number of aryl methyl sites for hydroxylation is 1. The number of allylic oxidation sites excluding steroid dienone is 2. The summed E-state index contributed by atoms with van der Waals surface area (Å²) in [5.41, 5.74) is 2.86. The Morgan fingerprint density at radius 2 is 1.73 bits per heavy atom. The molecule has 0 aliphatic rings. The maximum absolute atomic E-state index is 11.8. The highest BCUT2D eigenvalue weighted by molar-refractivity contribution is 6.04. The van der Waals surface area contributed by atoms with Gasteiger partial charge in [0.15, 0.2) is 5.78 Å². The Morgan fingerprint density at radius 3 is 2.20 bits per heavy atom. The lowest BCUT2D eigenvalue weighted by molar-refractivity contribution is 0.104. The minimum Gasteiger partial charge on any atom is -0.381 e. The molecule has 80 valence electrons. The summed E-state index contributed by atoms with van der Waals surface area (Å²) < 4.78 is 0. The topological polar surface area (TPSA) is 20.3 Å². The van der Waals surface area contributed by atoms with Crippen LogP contribution in [0.5, 0.6) is 0 Å². The van der Waals surface area contributed by atoms with E-state index in [4.69, 9.17) is 0 Å². The molecule has 0 bridgehead atoms. The molecule has 0 atom stereocenters. The molecule has 15 heavy (non-hydrogen) atoms. The van der Waals surface area contributed by atoms with Crippen LogP contribution in [0.2, 0.25) is 0 Å². The van der Waals surface area contributed by atoms with Gasteiger partial charge in [0.1, 0.15) is 0 Å². The van der Waals surface area contributed by atoms with Crippen LogP contribution in [0, 0.1) is 6.92 Å². The minimum absolute atomic E-state index is 0.0567. The fraction of sp³-hybridized carbons (Fsp3) is 0.308. The van der Waals surface area contributed by atoms with Crippen LogP contribution in [-0.4, -0.2) is 24.8 Å². The SMILES string of the molecule is CC(=CC(=O)c1ccc(C)cc1)N(C)C. The molecule has 0 spiro atoms. The number of nitrogens with zero attached hydrogens (tertiary/aromatic N) is 1. The maximum Gasteiger partial charge on any atom is 0.187 e. The van der Waals surface area contributed by atoms with Gasteiger partial charge in [0, 0.05) is 31.4 Å². The molecule has 1 rings (SSSR count). The normalized spacial score (nSPS) is 11.3. The number of rotatable bonds is 3. The fourth-order valence-corrected chi connectivity index (χ4v) is 1.12. The van der Waals surface area contributed by atoms with Gasteiger partial charge in [-0.15, -0.1) is 0 Å². The van der Waals surface area contributed by atoms with E-state index in [9.17, 15) is 4.79 Å². The van der Waals surface area contributed by atoms with Crippen LogP contribution < -0.4 is 0 Å². The molecule has 2 heteroatoms. The van der Waals surface area contributed by atoms with Crippen molar-refractivity contribution in [2.24, 2.45) is 0 Å². The van der Waals surface area contributed by atoms with Gasteiger partial charge in [0.25, 0.3) is 0 Å². The van der Waals surface area contributed by atoms with E-state index in [1.807, 2.05) is 57.1 Å². The van der Waals surface area contributed by atoms with E-state index in [1.165, 1.54) is 5.56 Å². The molecule has 0 heterocycles. The lowest BCUT2D eigenvalue weighted by atomic mass is 10.1. The van der Waals surface area contributed by atoms with Crippen molar-refractivity contribution in [3.8, 4) is 0 Å². The van der Waals surface area contributed by atoms with Gasteiger partial charge in [-0.05, 0) is 13.8 Å². The van der Waals surface area contributed by atoms with Crippen molar-refractivity contribution in [2.45, 2.75) is 13.8 Å². The second-order valence-electron chi connectivity index (χ2n) is 3.91. The number of benzene rings is 1. The number of carbonyl (C=O) groups excluding carboxylic acids is 1. The van der Waals surface area contributed by atoms with Crippen molar-refractivity contribution in [1.82, 2.24) is 4.90 Å². The average molecular weight is 203 g/mol. The third-order valence-corrected chi connectivity index (χ3v) is 2.38. The monoisotopic (exact) mass is 203 g/mol. The summed E-state index contributed by atoms with van der Waals surface area (Å²) in [7, 11) is 3.85. The summed E-state index contributed by atoms with van der Waals surface area (Å²) in [5.74, 6) is 0.0567. The first kappa shape index (κ1) is 11.5. The van der Waals surface area contributed by atoms with Crippen molar-refractivity contribution in [3.63, 3.8) is 0 Å². The molecule has 0 saturated heterocycles. The quantitative estimate of drug-likeness (QED) is 0.556. The molecule has 0 aliphatic heterocycles. The Kier molecular flexibility index (Phi) is 3.67. The summed E-state index contributed by atoms with van der Waals surface area (Å²) in [6.07, 6.45) is 1.66. The van der Waals surface area contributed by atoms with E-state index in [-0.39, 0.29) is 5.78 Å². The fourth-order valence-electron chi connectivity index (χ4n) is 1.12. The van der Waals surface area contributed by atoms with Gasteiger partial charge >= 0.3 is 0 Å². The Labute approximate surface area is 91.2 Å². The number of hydrogen-bond acceptors (Lipinski definition) is 2. The first-order chi connectivity index (χ1) is 7.00. The zero-order chi connectivity index (χ0) is 11.4. The Morgan fingerprint density at radius 1 is 1.20 bits per heavy atom. The van der Waals surface area contributed by atoms with E-state index >= 15 is 0 Å². The molecule has 0 aliphatic carbocycles. The molecule has 0 saturated carbocycles. The van der Waals surface area contributed by atoms with Gasteiger partial charge in [-0.1, -0.05) is 29.8 Å². The van der Waals surface area contributed by atoms with Gasteiger partial charge in [-0.25, -0.2) is 0 Å². The molecule has 0 radical (unpaired) electrons. The van der Waals surface area contributed by atoms with E-state index in [0.717, 1.165) is 11.3 Å². The second kappa shape index (κ2) is 4.78. The molecule has 0 N–H and O–H groups in total. The summed E-state index contributed by atoms with van der Waals surface area (Å²) in [6.45, 7) is 3.93. The Bertz CT molecular complexity index is 374. The van der Waals surface area contributed by atoms with Crippen molar-refractivity contribution in [1.29, 1.82) is 0 Å². The highest BCUT2D eigenvalue weighted by Crippen LogP contribution is 2.07. The number of carbonyl (C=O) groups is 1. The molecule has 1 aromatic rings. The zero-order valence-electron chi connectivity index (χ0n) is 9.74. The lowest BCUT2D eigenvalue weighted by Crippen LogP contribution is -2.10. The molecule has 0 unspecified atom stereocenters. The van der Waals surface area contributed by atoms with E-state index in [1.54, 1.807) is 6.08 Å². The van der Waals surface area contributed by atoms with Gasteiger partial charge in [-0.3, -0.25) is 4.79 Å². The van der Waals surface area contributed by atoms with Crippen LogP contribution in [0.3, 0.4) is 0 Å².